The molecule has 1 saturated carbocycles. The molecule has 1 unspecified atom stereocenters. The molecule has 1 atom stereocenters. The summed E-state index contributed by atoms with van der Waals surface area (Å²) in [6, 6.07) is 0. The molecule has 1 spiro atoms. The Morgan fingerprint density at radius 1 is 1.07 bits per heavy atom. The number of hydrogen-bond donors (Lipinski definition) is 0. The Morgan fingerprint density at radius 2 is 1.67 bits per heavy atom. The van der Waals surface area contributed by atoms with Crippen LogP contribution in [-0.4, -0.2) is 23.5 Å². The number of piperidine rings is 1. The smallest absolute Gasteiger partial charge is 0.0125 e. The van der Waals surface area contributed by atoms with Crippen molar-refractivity contribution < 1.29 is 0 Å². The molecule has 1 aliphatic heterocycles. The van der Waals surface area contributed by atoms with Gasteiger partial charge in [0.1, 0.15) is 0 Å². The van der Waals surface area contributed by atoms with E-state index in [9.17, 15) is 0 Å². The van der Waals surface area contributed by atoms with Crippen LogP contribution in [0, 0.1) is 11.3 Å². The molecule has 0 amide bonds. The second-order valence-corrected chi connectivity index (χ2v) is 7.01. The lowest BCUT2D eigenvalue weighted by atomic mass is 9.75. The first kappa shape index (κ1) is 11.4. The van der Waals surface area contributed by atoms with Crippen LogP contribution in [0.2, 0.25) is 0 Å². The quantitative estimate of drug-likeness (QED) is 0.588. The van der Waals surface area contributed by atoms with E-state index in [1.54, 1.807) is 0 Å². The first-order valence-electron chi connectivity index (χ1n) is 6.66. The van der Waals surface area contributed by atoms with Gasteiger partial charge in [0.25, 0.3) is 0 Å². The highest BCUT2D eigenvalue weighted by Gasteiger charge is 2.41. The van der Waals surface area contributed by atoms with E-state index in [0.29, 0.717) is 5.54 Å². The van der Waals surface area contributed by atoms with Gasteiger partial charge in [-0.2, -0.15) is 0 Å². The zero-order valence-electron chi connectivity index (χ0n) is 11.0. The maximum absolute atomic E-state index is 2.67. The first-order chi connectivity index (χ1) is 6.91. The van der Waals surface area contributed by atoms with E-state index >= 15 is 0 Å². The first-order valence-corrected chi connectivity index (χ1v) is 6.66. The highest BCUT2D eigenvalue weighted by Crippen LogP contribution is 2.49. The monoisotopic (exact) mass is 209 g/mol. The van der Waals surface area contributed by atoms with Gasteiger partial charge in [0.05, 0.1) is 0 Å². The predicted octanol–water partition coefficient (Wildman–Crippen LogP) is 3.69. The third-order valence-corrected chi connectivity index (χ3v) is 4.72. The third kappa shape index (κ3) is 2.38. The van der Waals surface area contributed by atoms with Crippen molar-refractivity contribution in [1.82, 2.24) is 4.90 Å². The minimum Gasteiger partial charge on any atom is -0.298 e. The van der Waals surface area contributed by atoms with Gasteiger partial charge in [-0.25, -0.2) is 0 Å². The largest absolute Gasteiger partial charge is 0.298 e. The van der Waals surface area contributed by atoms with Crippen LogP contribution in [0.5, 0.6) is 0 Å². The Balaban J connectivity index is 1.92. The van der Waals surface area contributed by atoms with Crippen molar-refractivity contribution in [1.29, 1.82) is 0 Å². The van der Waals surface area contributed by atoms with Crippen molar-refractivity contribution in [3.63, 3.8) is 0 Å². The van der Waals surface area contributed by atoms with Gasteiger partial charge in [0.2, 0.25) is 0 Å². The van der Waals surface area contributed by atoms with Crippen LogP contribution in [0.3, 0.4) is 0 Å². The molecule has 1 saturated heterocycles. The third-order valence-electron chi connectivity index (χ3n) is 4.72. The van der Waals surface area contributed by atoms with E-state index in [0.717, 1.165) is 11.3 Å². The highest BCUT2D eigenvalue weighted by molar-refractivity contribution is 4.94. The Kier molecular flexibility index (Phi) is 2.87. The minimum absolute atomic E-state index is 0.381. The molecule has 1 aliphatic carbocycles. The van der Waals surface area contributed by atoms with Crippen LogP contribution >= 0.6 is 0 Å². The number of nitrogens with zero attached hydrogens (tertiary/aromatic N) is 1. The molecule has 2 fully saturated rings. The minimum atomic E-state index is 0.381. The van der Waals surface area contributed by atoms with Crippen LogP contribution in [0.25, 0.3) is 0 Å². The summed E-state index contributed by atoms with van der Waals surface area (Å²) in [7, 11) is 0. The summed E-state index contributed by atoms with van der Waals surface area (Å²) in [5.74, 6) is 0.992. The zero-order chi connectivity index (χ0) is 11.1. The molecule has 1 heteroatoms. The Labute approximate surface area is 95.2 Å². The summed E-state index contributed by atoms with van der Waals surface area (Å²) in [5, 5.41) is 0. The second-order valence-electron chi connectivity index (χ2n) is 7.01. The molecule has 0 bridgehead atoms. The van der Waals surface area contributed by atoms with Crippen LogP contribution in [0.1, 0.15) is 59.8 Å². The van der Waals surface area contributed by atoms with Gasteiger partial charge in [-0.05, 0) is 70.9 Å². The van der Waals surface area contributed by atoms with Crippen molar-refractivity contribution in [3.8, 4) is 0 Å². The average Bonchev–Trinajstić information content (AvgIpc) is 2.47. The van der Waals surface area contributed by atoms with E-state index in [1.165, 1.54) is 45.2 Å². The fourth-order valence-corrected chi connectivity index (χ4v) is 3.60. The van der Waals surface area contributed by atoms with Gasteiger partial charge in [-0.1, -0.05) is 13.3 Å². The molecule has 0 N–H and O–H groups in total. The normalized spacial score (nSPS) is 32.4. The second kappa shape index (κ2) is 3.76. The average molecular weight is 209 g/mol. The van der Waals surface area contributed by atoms with Crippen LogP contribution in [0.4, 0.5) is 0 Å². The molecular formula is C14H27N. The summed E-state index contributed by atoms with van der Waals surface area (Å²) in [6.45, 7) is 12.1. The standard InChI is InChI=1S/C14H27N/c1-12-5-6-14(11-12)7-9-15(10-8-14)13(2,3)4/h12H,5-11H2,1-4H3. The molecule has 0 aromatic rings. The van der Waals surface area contributed by atoms with Crippen molar-refractivity contribution >= 4 is 0 Å². The molecule has 1 nitrogen and oxygen atoms in total. The predicted molar refractivity (Wildman–Crippen MR) is 66.0 cm³/mol. The maximum Gasteiger partial charge on any atom is 0.0125 e. The van der Waals surface area contributed by atoms with Crippen LogP contribution < -0.4 is 0 Å². The van der Waals surface area contributed by atoms with Gasteiger partial charge in [0.15, 0.2) is 0 Å². The summed E-state index contributed by atoms with van der Waals surface area (Å²) < 4.78 is 0. The molecular weight excluding hydrogens is 182 g/mol. The van der Waals surface area contributed by atoms with Crippen molar-refractivity contribution in [2.24, 2.45) is 11.3 Å². The number of hydrogen-bond acceptors (Lipinski definition) is 1. The lowest BCUT2D eigenvalue weighted by Crippen LogP contribution is -2.48. The zero-order valence-corrected chi connectivity index (χ0v) is 11.0. The molecule has 15 heavy (non-hydrogen) atoms. The van der Waals surface area contributed by atoms with Gasteiger partial charge >= 0.3 is 0 Å². The van der Waals surface area contributed by atoms with Crippen LogP contribution in [-0.2, 0) is 0 Å². The fraction of sp³-hybridized carbons (Fsp3) is 1.00. The van der Waals surface area contributed by atoms with E-state index in [4.69, 9.17) is 0 Å². The van der Waals surface area contributed by atoms with Crippen molar-refractivity contribution in [2.75, 3.05) is 13.1 Å². The van der Waals surface area contributed by atoms with Crippen molar-refractivity contribution in [2.45, 2.75) is 65.3 Å². The van der Waals surface area contributed by atoms with E-state index in [2.05, 4.69) is 32.6 Å². The van der Waals surface area contributed by atoms with Gasteiger partial charge < -0.3 is 0 Å². The SMILES string of the molecule is CC1CCC2(CCN(C(C)(C)C)CC2)C1. The Morgan fingerprint density at radius 3 is 2.07 bits per heavy atom. The van der Waals surface area contributed by atoms with Crippen molar-refractivity contribution in [3.05, 3.63) is 0 Å². The molecule has 2 aliphatic rings. The maximum atomic E-state index is 2.67. The molecule has 0 radical (unpaired) electrons. The summed E-state index contributed by atoms with van der Waals surface area (Å²) in [6.07, 6.45) is 7.40. The lowest BCUT2D eigenvalue weighted by molar-refractivity contribution is 0.0439. The summed E-state index contributed by atoms with van der Waals surface area (Å²) in [5.41, 5.74) is 1.13. The van der Waals surface area contributed by atoms with Gasteiger partial charge in [0, 0.05) is 5.54 Å². The topological polar surface area (TPSA) is 3.24 Å². The number of rotatable bonds is 0. The summed E-state index contributed by atoms with van der Waals surface area (Å²) >= 11 is 0. The van der Waals surface area contributed by atoms with Gasteiger partial charge in [-0.15, -0.1) is 0 Å². The van der Waals surface area contributed by atoms with Crippen LogP contribution in [0.15, 0.2) is 0 Å². The summed E-state index contributed by atoms with van der Waals surface area (Å²) in [4.78, 5) is 2.67. The fourth-order valence-electron chi connectivity index (χ4n) is 3.60. The molecule has 88 valence electrons. The van der Waals surface area contributed by atoms with Gasteiger partial charge in [-0.3, -0.25) is 4.90 Å². The Hall–Kier alpha value is -0.0400. The molecule has 0 aromatic heterocycles. The molecule has 2 rings (SSSR count). The molecule has 0 aromatic carbocycles. The Bertz CT molecular complexity index is 218. The van der Waals surface area contributed by atoms with E-state index in [-0.39, 0.29) is 0 Å². The van der Waals surface area contributed by atoms with E-state index < -0.39 is 0 Å². The molecule has 1 heterocycles. The highest BCUT2D eigenvalue weighted by atomic mass is 15.2. The number of likely N-dealkylation sites (tertiary alicyclic amines) is 1. The lowest BCUT2D eigenvalue weighted by Gasteiger charge is -2.45. The van der Waals surface area contributed by atoms with E-state index in [1.807, 2.05) is 0 Å².